The predicted molar refractivity (Wildman–Crippen MR) is 103 cm³/mol. The normalized spacial score (nSPS) is 21.1. The molecule has 1 aromatic heterocycles. The summed E-state index contributed by atoms with van der Waals surface area (Å²) in [4.78, 5) is 26.4. The van der Waals surface area contributed by atoms with Gasteiger partial charge in [0, 0.05) is 46.1 Å². The minimum absolute atomic E-state index is 0.0872. The van der Waals surface area contributed by atoms with Crippen molar-refractivity contribution in [3.8, 4) is 0 Å². The Hall–Kier alpha value is -1.69. The van der Waals surface area contributed by atoms with Crippen LogP contribution in [0.3, 0.4) is 0 Å². The maximum Gasteiger partial charge on any atom is 0.257 e. The molecule has 26 heavy (non-hydrogen) atoms. The van der Waals surface area contributed by atoms with E-state index < -0.39 is 0 Å². The van der Waals surface area contributed by atoms with E-state index in [0.717, 1.165) is 63.7 Å². The van der Waals surface area contributed by atoms with Gasteiger partial charge in [-0.1, -0.05) is 0 Å². The number of carbonyl (C=O) groups excluding carboxylic acids is 1. The summed E-state index contributed by atoms with van der Waals surface area (Å²) in [6.07, 6.45) is 9.89. The highest BCUT2D eigenvalue weighted by Crippen LogP contribution is 2.24. The van der Waals surface area contributed by atoms with Crippen molar-refractivity contribution >= 4 is 11.9 Å². The second-order valence-electron chi connectivity index (χ2n) is 7.61. The Kier molecular flexibility index (Phi) is 6.83. The van der Waals surface area contributed by atoms with Gasteiger partial charge in [0.2, 0.25) is 5.95 Å². The molecule has 1 atom stereocenters. The molecule has 1 amide bonds. The summed E-state index contributed by atoms with van der Waals surface area (Å²) in [7, 11) is 1.74. The van der Waals surface area contributed by atoms with Crippen molar-refractivity contribution in [3.05, 3.63) is 17.5 Å². The van der Waals surface area contributed by atoms with Gasteiger partial charge in [0.05, 0.1) is 11.3 Å². The van der Waals surface area contributed by atoms with Gasteiger partial charge in [0.1, 0.15) is 0 Å². The molecular weight excluding hydrogens is 328 g/mol. The van der Waals surface area contributed by atoms with Crippen LogP contribution >= 0.6 is 0 Å². The van der Waals surface area contributed by atoms with Gasteiger partial charge in [-0.25, -0.2) is 9.97 Å². The van der Waals surface area contributed by atoms with Gasteiger partial charge < -0.3 is 14.5 Å². The number of anilines is 1. The van der Waals surface area contributed by atoms with E-state index in [-0.39, 0.29) is 5.91 Å². The van der Waals surface area contributed by atoms with E-state index >= 15 is 0 Å². The molecule has 2 saturated heterocycles. The fourth-order valence-electron chi connectivity index (χ4n) is 4.08. The quantitative estimate of drug-likeness (QED) is 0.730. The van der Waals surface area contributed by atoms with Crippen molar-refractivity contribution < 1.29 is 9.53 Å². The Bertz CT molecular complexity index is 601. The Labute approximate surface area is 156 Å². The van der Waals surface area contributed by atoms with Crippen molar-refractivity contribution in [2.75, 3.05) is 44.8 Å². The SMILES string of the molecule is COCCC[C@H]1CCCN(C(=O)c2cnc(N3CCCCC3)nc2C)C1. The van der Waals surface area contributed by atoms with Crippen LogP contribution < -0.4 is 4.90 Å². The maximum absolute atomic E-state index is 13.0. The fraction of sp³-hybridized carbons (Fsp3) is 0.750. The highest BCUT2D eigenvalue weighted by atomic mass is 16.5. The number of aryl methyl sites for hydroxylation is 1. The van der Waals surface area contributed by atoms with E-state index in [4.69, 9.17) is 4.74 Å². The van der Waals surface area contributed by atoms with E-state index in [9.17, 15) is 4.79 Å². The number of nitrogens with zero attached hydrogens (tertiary/aromatic N) is 4. The molecule has 2 aliphatic rings. The van der Waals surface area contributed by atoms with Gasteiger partial charge in [0.25, 0.3) is 5.91 Å². The third-order valence-electron chi connectivity index (χ3n) is 5.60. The zero-order valence-electron chi connectivity index (χ0n) is 16.2. The molecule has 3 heterocycles. The molecule has 0 saturated carbocycles. The van der Waals surface area contributed by atoms with Crippen molar-refractivity contribution in [3.63, 3.8) is 0 Å². The van der Waals surface area contributed by atoms with Crippen molar-refractivity contribution in [2.24, 2.45) is 5.92 Å². The minimum Gasteiger partial charge on any atom is -0.385 e. The fourth-order valence-corrected chi connectivity index (χ4v) is 4.08. The van der Waals surface area contributed by atoms with Crippen LogP contribution in [0.25, 0.3) is 0 Å². The lowest BCUT2D eigenvalue weighted by atomic mass is 9.93. The van der Waals surface area contributed by atoms with Crippen LogP contribution in [0.15, 0.2) is 6.20 Å². The number of ether oxygens (including phenoxy) is 1. The van der Waals surface area contributed by atoms with Crippen molar-refractivity contribution in [1.82, 2.24) is 14.9 Å². The molecule has 3 rings (SSSR count). The maximum atomic E-state index is 13.0. The van der Waals surface area contributed by atoms with Gasteiger partial charge in [0.15, 0.2) is 0 Å². The molecule has 2 fully saturated rings. The van der Waals surface area contributed by atoms with Crippen LogP contribution in [0.2, 0.25) is 0 Å². The largest absolute Gasteiger partial charge is 0.385 e. The molecule has 0 aliphatic carbocycles. The van der Waals surface area contributed by atoms with E-state index in [1.165, 1.54) is 25.7 Å². The summed E-state index contributed by atoms with van der Waals surface area (Å²) < 4.78 is 5.15. The van der Waals surface area contributed by atoms with E-state index in [1.807, 2.05) is 11.8 Å². The molecule has 0 aromatic carbocycles. The standard InChI is InChI=1S/C20H32N4O2/c1-16-18(14-21-20(22-16)23-10-4-3-5-11-23)19(25)24-12-6-8-17(15-24)9-7-13-26-2/h14,17H,3-13,15H2,1-2H3/t17-/m1/s1. The number of hydrogen-bond donors (Lipinski definition) is 0. The first-order valence-corrected chi connectivity index (χ1v) is 10.1. The summed E-state index contributed by atoms with van der Waals surface area (Å²) in [5, 5.41) is 0. The number of hydrogen-bond acceptors (Lipinski definition) is 5. The third kappa shape index (κ3) is 4.72. The van der Waals surface area contributed by atoms with Gasteiger partial charge in [-0.15, -0.1) is 0 Å². The Morgan fingerprint density at radius 1 is 1.23 bits per heavy atom. The zero-order chi connectivity index (χ0) is 18.4. The van der Waals surface area contributed by atoms with Crippen LogP contribution in [-0.4, -0.2) is 60.7 Å². The number of piperidine rings is 2. The van der Waals surface area contributed by atoms with E-state index in [1.54, 1.807) is 13.3 Å². The molecule has 0 radical (unpaired) electrons. The first-order valence-electron chi connectivity index (χ1n) is 10.1. The summed E-state index contributed by atoms with van der Waals surface area (Å²) in [6, 6.07) is 0. The first-order chi connectivity index (χ1) is 12.7. The van der Waals surface area contributed by atoms with Gasteiger partial charge in [-0.2, -0.15) is 0 Å². The molecule has 1 aromatic rings. The summed E-state index contributed by atoms with van der Waals surface area (Å²) >= 11 is 0. The van der Waals surface area contributed by atoms with Crippen LogP contribution in [-0.2, 0) is 4.74 Å². The smallest absolute Gasteiger partial charge is 0.257 e. The van der Waals surface area contributed by atoms with Gasteiger partial charge in [-0.05, 0) is 57.8 Å². The lowest BCUT2D eigenvalue weighted by Gasteiger charge is -2.33. The third-order valence-corrected chi connectivity index (χ3v) is 5.60. The predicted octanol–water partition coefficient (Wildman–Crippen LogP) is 3.05. The summed E-state index contributed by atoms with van der Waals surface area (Å²) in [5.41, 5.74) is 1.45. The number of rotatable bonds is 6. The second kappa shape index (κ2) is 9.31. The molecule has 0 N–H and O–H groups in total. The minimum atomic E-state index is 0.0872. The Morgan fingerprint density at radius 3 is 2.77 bits per heavy atom. The number of methoxy groups -OCH3 is 1. The van der Waals surface area contributed by atoms with Crippen molar-refractivity contribution in [2.45, 2.75) is 51.9 Å². The van der Waals surface area contributed by atoms with E-state index in [2.05, 4.69) is 14.9 Å². The lowest BCUT2D eigenvalue weighted by molar-refractivity contribution is 0.0659. The first kappa shape index (κ1) is 19.1. The molecule has 0 spiro atoms. The highest BCUT2D eigenvalue weighted by molar-refractivity contribution is 5.95. The molecular formula is C20H32N4O2. The second-order valence-corrected chi connectivity index (χ2v) is 7.61. The number of carbonyl (C=O) groups is 1. The molecule has 0 bridgehead atoms. The number of aromatic nitrogens is 2. The number of amides is 1. The molecule has 0 unspecified atom stereocenters. The average Bonchev–Trinajstić information content (AvgIpc) is 2.68. The van der Waals surface area contributed by atoms with Crippen LogP contribution in [0.5, 0.6) is 0 Å². The molecule has 6 heteroatoms. The van der Waals surface area contributed by atoms with Crippen LogP contribution in [0.4, 0.5) is 5.95 Å². The Morgan fingerprint density at radius 2 is 2.04 bits per heavy atom. The molecule has 2 aliphatic heterocycles. The van der Waals surface area contributed by atoms with E-state index in [0.29, 0.717) is 11.5 Å². The van der Waals surface area contributed by atoms with Gasteiger partial charge >= 0.3 is 0 Å². The molecule has 144 valence electrons. The monoisotopic (exact) mass is 360 g/mol. The summed E-state index contributed by atoms with van der Waals surface area (Å²) in [6.45, 7) is 6.45. The van der Waals surface area contributed by atoms with Gasteiger partial charge in [-0.3, -0.25) is 4.79 Å². The number of likely N-dealkylation sites (tertiary alicyclic amines) is 1. The van der Waals surface area contributed by atoms with Crippen molar-refractivity contribution in [1.29, 1.82) is 0 Å². The molecule has 6 nitrogen and oxygen atoms in total. The Balaban J connectivity index is 1.63. The average molecular weight is 361 g/mol. The zero-order valence-corrected chi connectivity index (χ0v) is 16.2. The lowest BCUT2D eigenvalue weighted by Crippen LogP contribution is -2.40. The highest BCUT2D eigenvalue weighted by Gasteiger charge is 2.26. The topological polar surface area (TPSA) is 58.6 Å². The summed E-state index contributed by atoms with van der Waals surface area (Å²) in [5.74, 6) is 1.44. The van der Waals surface area contributed by atoms with Crippen LogP contribution in [0.1, 0.15) is 61.0 Å². The van der Waals surface area contributed by atoms with Crippen LogP contribution in [0, 0.1) is 12.8 Å².